The van der Waals surface area contributed by atoms with Crippen molar-refractivity contribution >= 4 is 0 Å². The molecule has 0 nitrogen and oxygen atoms in total. The van der Waals surface area contributed by atoms with Crippen molar-refractivity contribution < 1.29 is 28.8 Å². The van der Waals surface area contributed by atoms with Crippen LogP contribution in [0.2, 0.25) is 0 Å². The van der Waals surface area contributed by atoms with Crippen LogP contribution in [0, 0.1) is 0 Å². The van der Waals surface area contributed by atoms with Gasteiger partial charge in [0.05, 0.1) is 0 Å². The molecule has 0 aliphatic heterocycles. The maximum atomic E-state index is 8.38. The summed E-state index contributed by atoms with van der Waals surface area (Å²) in [5.74, 6) is -11.0. The summed E-state index contributed by atoms with van der Waals surface area (Å²) in [5, 5.41) is 0. The molecule has 0 saturated heterocycles. The largest absolute Gasteiger partial charge is 0.0587 e. The zero-order chi connectivity index (χ0) is 29.4. The van der Waals surface area contributed by atoms with E-state index in [0.29, 0.717) is 18.2 Å². The van der Waals surface area contributed by atoms with Crippen LogP contribution in [0.4, 0.5) is 0 Å². The van der Waals surface area contributed by atoms with E-state index in [1.165, 1.54) is 0 Å². The molecular formula is C15H24. The lowest BCUT2D eigenvalue weighted by Gasteiger charge is -2.16. The second-order valence-corrected chi connectivity index (χ2v) is 2.92. The first-order valence-corrected chi connectivity index (χ1v) is 3.98. The van der Waals surface area contributed by atoms with Gasteiger partial charge in [0.15, 0.2) is 0 Å². The van der Waals surface area contributed by atoms with Crippen LogP contribution in [0.15, 0.2) is 18.2 Å². The smallest absolute Gasteiger partial charge is 0.0347 e. The van der Waals surface area contributed by atoms with Gasteiger partial charge in [-0.2, -0.15) is 0 Å². The molecule has 1 aromatic carbocycles. The molecule has 0 heterocycles. The molecule has 0 amide bonds. The average Bonchev–Trinajstić information content (AvgIpc) is 2.59. The molecule has 15 heavy (non-hydrogen) atoms. The van der Waals surface area contributed by atoms with Crippen molar-refractivity contribution in [2.24, 2.45) is 0 Å². The van der Waals surface area contributed by atoms with Gasteiger partial charge in [-0.15, -0.1) is 0 Å². The molecule has 1 rings (SSSR count). The third-order valence-electron chi connectivity index (χ3n) is 1.80. The monoisotopic (exact) mass is 225 g/mol. The van der Waals surface area contributed by atoms with Crippen molar-refractivity contribution in [3.8, 4) is 0 Å². The summed E-state index contributed by atoms with van der Waals surface area (Å²) < 4.78 is 163. The molecule has 0 fully saturated rings. The average molecular weight is 225 g/mol. The van der Waals surface area contributed by atoms with Gasteiger partial charge in [0, 0.05) is 28.8 Å². The van der Waals surface area contributed by atoms with E-state index in [1.807, 2.05) is 0 Å². The van der Waals surface area contributed by atoms with E-state index < -0.39 is 75.5 Å². The summed E-state index contributed by atoms with van der Waals surface area (Å²) in [5.41, 5.74) is -3.61. The predicted molar refractivity (Wildman–Crippen MR) is 68.7 cm³/mol. The summed E-state index contributed by atoms with van der Waals surface area (Å²) in [6.07, 6.45) is 0. The molecule has 0 bridgehead atoms. The van der Waals surface area contributed by atoms with E-state index in [4.69, 9.17) is 28.8 Å². The Hall–Kier alpha value is -0.780. The number of hydrogen-bond donors (Lipinski definition) is 0. The van der Waals surface area contributed by atoms with Crippen molar-refractivity contribution in [2.75, 3.05) is 0 Å². The topological polar surface area (TPSA) is 0 Å². The first-order chi connectivity index (χ1) is 15.3. The first-order valence-electron chi connectivity index (χ1n) is 14.5. The lowest BCUT2D eigenvalue weighted by Crippen LogP contribution is -1.98. The van der Waals surface area contributed by atoms with Gasteiger partial charge < -0.3 is 0 Å². The molecule has 0 N–H and O–H groups in total. The fourth-order valence-electron chi connectivity index (χ4n) is 1.06. The quantitative estimate of drug-likeness (QED) is 0.675. The van der Waals surface area contributed by atoms with Gasteiger partial charge in [0.25, 0.3) is 0 Å². The summed E-state index contributed by atoms with van der Waals surface area (Å²) in [7, 11) is 0. The van der Waals surface area contributed by atoms with Gasteiger partial charge in [-0.05, 0) is 34.4 Å². The normalized spacial score (nSPS) is 39.6. The maximum Gasteiger partial charge on any atom is 0.0347 e. The Morgan fingerprint density at radius 2 is 1.00 bits per heavy atom. The van der Waals surface area contributed by atoms with Gasteiger partial charge in [-0.25, -0.2) is 0 Å². The third-order valence-corrected chi connectivity index (χ3v) is 1.80. The highest BCUT2D eigenvalue weighted by molar-refractivity contribution is 5.35. The third kappa shape index (κ3) is 3.09. The Labute approximate surface area is 124 Å². The summed E-state index contributed by atoms with van der Waals surface area (Å²) >= 11 is 0. The molecule has 0 atom stereocenters. The number of hydrogen-bond acceptors (Lipinski definition) is 0. The van der Waals surface area contributed by atoms with Gasteiger partial charge >= 0.3 is 0 Å². The second-order valence-electron chi connectivity index (χ2n) is 2.92. The fourth-order valence-corrected chi connectivity index (χ4v) is 1.06. The minimum absolute atomic E-state index is 0.348. The summed E-state index contributed by atoms with van der Waals surface area (Å²) in [6, 6.07) is 1.04. The molecule has 0 spiro atoms. The molecule has 0 aliphatic carbocycles. The number of rotatable bonds is 3. The molecule has 0 radical (unpaired) electrons. The SMILES string of the molecule is [2H]C([2H])([2H])C([2H])(c1cc(C([2H])(C([2H])([2H])[2H])C([2H])([2H])[2H])cc(C([2H])(C([2H])([2H])[2H])C([2H])([2H])[2H])c1)C([2H])([2H])[2H]. The van der Waals surface area contributed by atoms with E-state index in [0.717, 1.165) is 0 Å². The Balaban J connectivity index is 4.55. The molecule has 0 heteroatoms. The van der Waals surface area contributed by atoms with Crippen molar-refractivity contribution in [1.29, 1.82) is 0 Å². The second kappa shape index (κ2) is 4.83. The summed E-state index contributed by atoms with van der Waals surface area (Å²) in [6.45, 7) is -22.4. The lowest BCUT2D eigenvalue weighted by molar-refractivity contribution is 0.804. The minimum atomic E-state index is -3.73. The van der Waals surface area contributed by atoms with E-state index in [9.17, 15) is 0 Å². The van der Waals surface area contributed by atoms with Crippen LogP contribution in [0.25, 0.3) is 0 Å². The van der Waals surface area contributed by atoms with Crippen LogP contribution >= 0.6 is 0 Å². The van der Waals surface area contributed by atoms with Crippen molar-refractivity contribution in [3.63, 3.8) is 0 Å². The summed E-state index contributed by atoms with van der Waals surface area (Å²) in [4.78, 5) is 0. The van der Waals surface area contributed by atoms with E-state index in [-0.39, 0.29) is 0 Å². The fraction of sp³-hybridized carbons (Fsp3) is 0.600. The molecule has 84 valence electrons. The minimum Gasteiger partial charge on any atom is -0.0587 e. The van der Waals surface area contributed by atoms with Gasteiger partial charge in [0.1, 0.15) is 0 Å². The predicted octanol–water partition coefficient (Wildman–Crippen LogP) is 5.06. The zero-order valence-electron chi connectivity index (χ0n) is 28.7. The lowest BCUT2D eigenvalue weighted by atomic mass is 9.90. The van der Waals surface area contributed by atoms with Crippen LogP contribution in [0.5, 0.6) is 0 Å². The highest BCUT2D eigenvalue weighted by Crippen LogP contribution is 2.26. The van der Waals surface area contributed by atoms with Crippen molar-refractivity contribution in [2.45, 2.75) is 58.8 Å². The van der Waals surface area contributed by atoms with Crippen molar-refractivity contribution in [3.05, 3.63) is 34.9 Å². The Morgan fingerprint density at radius 1 is 0.733 bits per heavy atom. The zero-order valence-corrected chi connectivity index (χ0v) is 7.73. The molecule has 0 unspecified atom stereocenters. The Morgan fingerprint density at radius 3 is 1.20 bits per heavy atom. The molecule has 1 aromatic rings. The van der Waals surface area contributed by atoms with Crippen LogP contribution in [0.1, 0.15) is 104 Å². The molecular weight excluding hydrogens is 180 g/mol. The van der Waals surface area contributed by atoms with Crippen LogP contribution in [-0.4, -0.2) is 0 Å². The van der Waals surface area contributed by atoms with Crippen LogP contribution < -0.4 is 0 Å². The maximum absolute atomic E-state index is 8.38. The molecule has 0 aliphatic rings. The first kappa shape index (κ1) is 2.00. The highest BCUT2D eigenvalue weighted by atomic mass is 14.1. The molecule has 0 aromatic heterocycles. The van der Waals surface area contributed by atoms with Gasteiger partial charge in [0.2, 0.25) is 0 Å². The van der Waals surface area contributed by atoms with E-state index >= 15 is 0 Å². The number of benzene rings is 1. The van der Waals surface area contributed by atoms with E-state index in [1.54, 1.807) is 0 Å². The molecule has 0 saturated carbocycles. The van der Waals surface area contributed by atoms with Crippen molar-refractivity contribution in [1.82, 2.24) is 0 Å². The Bertz CT molecular complexity index is 768. The van der Waals surface area contributed by atoms with Crippen LogP contribution in [0.3, 0.4) is 0 Å². The van der Waals surface area contributed by atoms with Gasteiger partial charge in [-0.1, -0.05) is 59.3 Å². The highest BCUT2D eigenvalue weighted by Gasteiger charge is 2.08. The van der Waals surface area contributed by atoms with Gasteiger partial charge in [-0.3, -0.25) is 0 Å². The Kier molecular flexibility index (Phi) is 0.645. The van der Waals surface area contributed by atoms with E-state index in [2.05, 4.69) is 0 Å². The standard InChI is InChI=1S/C15H24/c1-10(2)13-7-14(11(3)4)9-15(8-13)12(5)6/h7-12H,1-6H3/i1D3,2D3,3D3,4D3,5D3,6D3,10D,11D,12D. The van der Waals surface area contributed by atoms with Crippen LogP contribution in [-0.2, 0) is 0 Å².